The first-order valence-corrected chi connectivity index (χ1v) is 13.5. The van der Waals surface area contributed by atoms with E-state index in [0.29, 0.717) is 11.6 Å². The molecule has 4 atom stereocenters. The molecular weight excluding hydrogens is 540 g/mol. The van der Waals surface area contributed by atoms with Crippen LogP contribution in [0.25, 0.3) is 33.6 Å². The van der Waals surface area contributed by atoms with E-state index in [1.807, 2.05) is 48.5 Å². The Morgan fingerprint density at radius 2 is 0.952 bits per heavy atom. The molecule has 218 valence electrons. The first-order valence-electron chi connectivity index (χ1n) is 13.5. The predicted octanol–water partition coefficient (Wildman–Crippen LogP) is 3.49. The topological polar surface area (TPSA) is 180 Å². The lowest BCUT2D eigenvalue weighted by Gasteiger charge is -2.15. The Labute approximate surface area is 241 Å². The average molecular weight is 573 g/mol. The number of amides is 2. The summed E-state index contributed by atoms with van der Waals surface area (Å²) in [6.45, 7) is 6.91. The molecule has 2 aliphatic rings. The first kappa shape index (κ1) is 27.8. The highest BCUT2D eigenvalue weighted by molar-refractivity contribution is 5.80. The van der Waals surface area contributed by atoms with Crippen LogP contribution in [0.2, 0.25) is 0 Å². The van der Waals surface area contributed by atoms with Crippen molar-refractivity contribution in [2.24, 2.45) is 11.5 Å². The summed E-state index contributed by atoms with van der Waals surface area (Å²) >= 11 is 0. The smallest absolute Gasteiger partial charge is 0.249 e. The molecule has 0 spiro atoms. The maximum atomic E-state index is 11.9. The van der Waals surface area contributed by atoms with Crippen LogP contribution >= 0.6 is 0 Å². The summed E-state index contributed by atoms with van der Waals surface area (Å²) in [6.07, 6.45) is 0.0968. The fourth-order valence-electron chi connectivity index (χ4n) is 5.28. The minimum Gasteiger partial charge on any atom is -0.367 e. The maximum Gasteiger partial charge on any atom is 0.249 e. The number of aromatic amines is 2. The van der Waals surface area contributed by atoms with Gasteiger partial charge in [0.2, 0.25) is 11.8 Å². The molecule has 2 aromatic carbocycles. The van der Waals surface area contributed by atoms with Crippen LogP contribution in [0.1, 0.15) is 51.6 Å². The van der Waals surface area contributed by atoms with Gasteiger partial charge in [-0.15, -0.1) is 0 Å². The molecule has 0 saturated carbocycles. The summed E-state index contributed by atoms with van der Waals surface area (Å²) in [5, 5.41) is 0. The van der Waals surface area contributed by atoms with Crippen molar-refractivity contribution in [3.05, 3.63) is 72.6 Å². The molecule has 0 aliphatic carbocycles. The van der Waals surface area contributed by atoms with Crippen molar-refractivity contribution in [3.8, 4) is 33.6 Å². The van der Waals surface area contributed by atoms with E-state index in [9.17, 15) is 9.59 Å². The van der Waals surface area contributed by atoms with Gasteiger partial charge in [-0.25, -0.2) is 9.97 Å². The van der Waals surface area contributed by atoms with E-state index in [2.05, 4.69) is 19.9 Å². The molecule has 0 unspecified atom stereocenters. The number of nitrogens with one attached hydrogen (secondary N) is 2. The van der Waals surface area contributed by atoms with Crippen LogP contribution in [0.5, 0.6) is 0 Å². The molecule has 6 N–H and O–H groups in total. The normalized spacial score (nSPS) is 24.6. The molecule has 0 bridgehead atoms. The zero-order valence-electron chi connectivity index (χ0n) is 23.6. The number of rotatable bonds is 7. The van der Waals surface area contributed by atoms with Crippen LogP contribution in [-0.4, -0.2) is 55.5 Å². The molecule has 12 nitrogen and oxygen atoms in total. The van der Waals surface area contributed by atoms with Crippen LogP contribution in [-0.2, 0) is 28.5 Å². The monoisotopic (exact) mass is 572 g/mol. The number of carbonyl (C=O) groups is 2. The van der Waals surface area contributed by atoms with Crippen LogP contribution < -0.4 is 11.5 Å². The predicted molar refractivity (Wildman–Crippen MR) is 151 cm³/mol. The zero-order valence-corrected chi connectivity index (χ0v) is 23.6. The van der Waals surface area contributed by atoms with Gasteiger partial charge < -0.3 is 40.4 Å². The molecular formula is C30H32N6O6. The highest BCUT2D eigenvalue weighted by atomic mass is 16.8. The standard InChI is InChI=1S/C30H32N6O6/c1-29(2)39-21(25(31)37)23(41-29)27-33-13-19(35-27)17-9-5-15(6-10-17)16-7-11-18(12-8-16)20-14-34-28(36-20)24-22(26(32)38)40-30(3,4)42-24/h5-14,21-24H,1-4H3,(H2,31,37)(H2,32,38)(H,33,35)(H,34,36)/t21-,22-,23-,24-/m1/s1. The summed E-state index contributed by atoms with van der Waals surface area (Å²) in [7, 11) is 0. The van der Waals surface area contributed by atoms with Crippen LogP contribution in [0.3, 0.4) is 0 Å². The van der Waals surface area contributed by atoms with Crippen molar-refractivity contribution in [3.63, 3.8) is 0 Å². The van der Waals surface area contributed by atoms with Crippen molar-refractivity contribution < 1.29 is 28.5 Å². The Bertz CT molecular complexity index is 1500. The Morgan fingerprint density at radius 1 is 0.619 bits per heavy atom. The van der Waals surface area contributed by atoms with Gasteiger partial charge in [-0.3, -0.25) is 9.59 Å². The number of hydrogen-bond donors (Lipinski definition) is 4. The lowest BCUT2D eigenvalue weighted by Crippen LogP contribution is -2.33. The van der Waals surface area contributed by atoms with E-state index >= 15 is 0 Å². The molecule has 4 aromatic rings. The van der Waals surface area contributed by atoms with Gasteiger partial charge in [0, 0.05) is 0 Å². The van der Waals surface area contributed by atoms with Crippen molar-refractivity contribution in [1.82, 2.24) is 19.9 Å². The van der Waals surface area contributed by atoms with Crippen molar-refractivity contribution in [2.45, 2.75) is 63.7 Å². The van der Waals surface area contributed by atoms with Crippen molar-refractivity contribution in [2.75, 3.05) is 0 Å². The third kappa shape index (κ3) is 5.32. The lowest BCUT2D eigenvalue weighted by molar-refractivity contribution is -0.155. The number of aromatic nitrogens is 4. The van der Waals surface area contributed by atoms with Crippen LogP contribution in [0.4, 0.5) is 0 Å². The number of carbonyl (C=O) groups excluding carboxylic acids is 2. The summed E-state index contributed by atoms with van der Waals surface area (Å²) in [4.78, 5) is 39.1. The SMILES string of the molecule is CC1(C)O[C@@H](C(N)=O)[C@H](c2ncc(-c3ccc(-c4ccc(-c5cnc([C@@H]6OC(C)(C)O[C@H]6C(N)=O)[nH]5)cc4)cc3)[nH]2)O1. The molecule has 2 fully saturated rings. The number of primary amides is 2. The maximum absolute atomic E-state index is 11.9. The summed E-state index contributed by atoms with van der Waals surface area (Å²) in [6, 6.07) is 16.0. The van der Waals surface area contributed by atoms with Crippen molar-refractivity contribution in [1.29, 1.82) is 0 Å². The van der Waals surface area contributed by atoms with E-state index in [1.54, 1.807) is 40.1 Å². The largest absolute Gasteiger partial charge is 0.367 e. The highest BCUT2D eigenvalue weighted by Gasteiger charge is 2.47. The number of ether oxygens (including phenoxy) is 4. The number of H-pyrrole nitrogens is 2. The molecule has 2 amide bonds. The van der Waals surface area contributed by atoms with Crippen LogP contribution in [0.15, 0.2) is 60.9 Å². The third-order valence-corrected chi connectivity index (χ3v) is 7.21. The fraction of sp³-hybridized carbons (Fsp3) is 0.333. The molecule has 0 radical (unpaired) electrons. The quantitative estimate of drug-likeness (QED) is 0.260. The number of imidazole rings is 2. The van der Waals surface area contributed by atoms with Gasteiger partial charge in [0.15, 0.2) is 36.0 Å². The molecule has 2 aromatic heterocycles. The van der Waals surface area contributed by atoms with E-state index in [0.717, 1.165) is 33.6 Å². The average Bonchev–Trinajstić information content (AvgIpc) is 3.73. The summed E-state index contributed by atoms with van der Waals surface area (Å²) < 4.78 is 23.0. The Kier molecular flexibility index (Phi) is 6.73. The van der Waals surface area contributed by atoms with Gasteiger partial charge in [0.1, 0.15) is 11.6 Å². The number of nitrogens with two attached hydrogens (primary N) is 2. The second kappa shape index (κ2) is 10.2. The first-order chi connectivity index (χ1) is 19.9. The lowest BCUT2D eigenvalue weighted by atomic mass is 10.0. The van der Waals surface area contributed by atoms with E-state index < -0.39 is 47.8 Å². The fourth-order valence-corrected chi connectivity index (χ4v) is 5.28. The van der Waals surface area contributed by atoms with Gasteiger partial charge in [-0.05, 0) is 49.9 Å². The van der Waals surface area contributed by atoms with Gasteiger partial charge in [0.05, 0.1) is 23.8 Å². The Hall–Kier alpha value is -4.36. The minimum atomic E-state index is -0.946. The van der Waals surface area contributed by atoms with Gasteiger partial charge >= 0.3 is 0 Å². The van der Waals surface area contributed by atoms with Crippen LogP contribution in [0, 0.1) is 0 Å². The summed E-state index contributed by atoms with van der Waals surface area (Å²) in [5.41, 5.74) is 16.5. The molecule has 4 heterocycles. The van der Waals surface area contributed by atoms with Gasteiger partial charge in [0.25, 0.3) is 0 Å². The highest BCUT2D eigenvalue weighted by Crippen LogP contribution is 2.39. The molecule has 2 saturated heterocycles. The molecule has 6 rings (SSSR count). The van der Waals surface area contributed by atoms with E-state index in [4.69, 9.17) is 30.4 Å². The number of benzene rings is 2. The second-order valence-electron chi connectivity index (χ2n) is 11.3. The van der Waals surface area contributed by atoms with E-state index in [1.165, 1.54) is 0 Å². The number of hydrogen-bond acceptors (Lipinski definition) is 8. The van der Waals surface area contributed by atoms with Gasteiger partial charge in [-0.1, -0.05) is 48.5 Å². The number of nitrogens with zero attached hydrogens (tertiary/aromatic N) is 2. The van der Waals surface area contributed by atoms with Crippen molar-refractivity contribution >= 4 is 11.8 Å². The van der Waals surface area contributed by atoms with Gasteiger partial charge in [-0.2, -0.15) is 0 Å². The third-order valence-electron chi connectivity index (χ3n) is 7.21. The van der Waals surface area contributed by atoms with E-state index in [-0.39, 0.29) is 0 Å². The Morgan fingerprint density at radius 3 is 1.29 bits per heavy atom. The molecule has 42 heavy (non-hydrogen) atoms. The molecule has 2 aliphatic heterocycles. The second-order valence-corrected chi connectivity index (χ2v) is 11.3. The zero-order chi connectivity index (χ0) is 29.8. The summed E-state index contributed by atoms with van der Waals surface area (Å²) in [5.74, 6) is -2.16. The molecule has 12 heteroatoms. The Balaban J connectivity index is 1.16. The minimum absolute atomic E-state index is 0.474.